The third-order valence-corrected chi connectivity index (χ3v) is 2.56. The molecule has 0 spiro atoms. The predicted octanol–water partition coefficient (Wildman–Crippen LogP) is 4.05. The van der Waals surface area contributed by atoms with E-state index in [0.29, 0.717) is 28.7 Å². The summed E-state index contributed by atoms with van der Waals surface area (Å²) in [5, 5.41) is 0. The molecule has 0 radical (unpaired) electrons. The summed E-state index contributed by atoms with van der Waals surface area (Å²) in [6.45, 7) is 7.14. The van der Waals surface area contributed by atoms with Crippen LogP contribution >= 0.6 is 0 Å². The van der Waals surface area contributed by atoms with E-state index in [1.807, 2.05) is 12.1 Å². The van der Waals surface area contributed by atoms with Gasteiger partial charge in [0.15, 0.2) is 0 Å². The summed E-state index contributed by atoms with van der Waals surface area (Å²) < 4.78 is 16.0. The standard InChI is InChI=1S/C15H13NO3/c1-16-14-8-7-12(18-3)10-15(14)19-13-6-4-5-11(9-13)17-2/h4-10H,2-3H3. The number of ether oxygens (including phenoxy) is 3. The lowest BCUT2D eigenvalue weighted by Gasteiger charge is -2.10. The molecule has 0 heterocycles. The maximum Gasteiger partial charge on any atom is 0.229 e. The Kier molecular flexibility index (Phi) is 3.89. The molecule has 0 saturated carbocycles. The maximum absolute atomic E-state index is 7.14. The van der Waals surface area contributed by atoms with Crippen LogP contribution in [-0.2, 0) is 0 Å². The minimum atomic E-state index is 0.434. The fourth-order valence-corrected chi connectivity index (χ4v) is 1.59. The highest BCUT2D eigenvalue weighted by Crippen LogP contribution is 2.35. The molecular formula is C15H13NO3. The highest BCUT2D eigenvalue weighted by molar-refractivity contribution is 5.61. The number of rotatable bonds is 4. The Hall–Kier alpha value is -2.67. The first-order chi connectivity index (χ1) is 9.26. The second kappa shape index (κ2) is 5.78. The molecule has 0 amide bonds. The van der Waals surface area contributed by atoms with Gasteiger partial charge in [0.25, 0.3) is 0 Å². The van der Waals surface area contributed by atoms with E-state index in [2.05, 4.69) is 4.85 Å². The van der Waals surface area contributed by atoms with Crippen LogP contribution in [0.5, 0.6) is 23.0 Å². The average Bonchev–Trinajstić information content (AvgIpc) is 2.47. The fourth-order valence-electron chi connectivity index (χ4n) is 1.59. The number of methoxy groups -OCH3 is 2. The number of hydrogen-bond acceptors (Lipinski definition) is 3. The first-order valence-electron chi connectivity index (χ1n) is 5.64. The largest absolute Gasteiger partial charge is 0.497 e. The van der Waals surface area contributed by atoms with Crippen molar-refractivity contribution in [3.8, 4) is 23.0 Å². The van der Waals surface area contributed by atoms with Gasteiger partial charge < -0.3 is 14.2 Å². The van der Waals surface area contributed by atoms with E-state index in [-0.39, 0.29) is 0 Å². The van der Waals surface area contributed by atoms with Crippen LogP contribution in [0.25, 0.3) is 4.85 Å². The molecule has 0 N–H and O–H groups in total. The van der Waals surface area contributed by atoms with Gasteiger partial charge in [0.1, 0.15) is 23.0 Å². The molecule has 0 unspecified atom stereocenters. The summed E-state index contributed by atoms with van der Waals surface area (Å²) in [6.07, 6.45) is 0. The lowest BCUT2D eigenvalue weighted by Crippen LogP contribution is -1.88. The van der Waals surface area contributed by atoms with Crippen LogP contribution in [0.3, 0.4) is 0 Å². The number of benzene rings is 2. The summed E-state index contributed by atoms with van der Waals surface area (Å²) in [5.74, 6) is 2.41. The molecular weight excluding hydrogens is 242 g/mol. The van der Waals surface area contributed by atoms with Gasteiger partial charge in [0.2, 0.25) is 5.69 Å². The summed E-state index contributed by atoms with van der Waals surface area (Å²) in [7, 11) is 3.16. The Morgan fingerprint density at radius 3 is 2.26 bits per heavy atom. The minimum absolute atomic E-state index is 0.434. The summed E-state index contributed by atoms with van der Waals surface area (Å²) in [6, 6.07) is 12.3. The Balaban J connectivity index is 2.33. The summed E-state index contributed by atoms with van der Waals surface area (Å²) in [5.41, 5.74) is 0.434. The molecule has 0 bridgehead atoms. The van der Waals surface area contributed by atoms with E-state index in [1.165, 1.54) is 0 Å². The third-order valence-electron chi connectivity index (χ3n) is 2.56. The monoisotopic (exact) mass is 255 g/mol. The van der Waals surface area contributed by atoms with E-state index in [0.717, 1.165) is 0 Å². The zero-order chi connectivity index (χ0) is 13.7. The molecule has 4 nitrogen and oxygen atoms in total. The van der Waals surface area contributed by atoms with E-state index < -0.39 is 0 Å². The predicted molar refractivity (Wildman–Crippen MR) is 72.3 cm³/mol. The number of hydrogen-bond donors (Lipinski definition) is 0. The Bertz CT molecular complexity index is 617. The second-order valence-electron chi connectivity index (χ2n) is 3.73. The van der Waals surface area contributed by atoms with Crippen molar-refractivity contribution in [2.45, 2.75) is 0 Å². The number of nitrogens with zero attached hydrogens (tertiary/aromatic N) is 1. The van der Waals surface area contributed by atoms with Crippen LogP contribution in [0, 0.1) is 6.57 Å². The normalized spacial score (nSPS) is 9.53. The summed E-state index contributed by atoms with van der Waals surface area (Å²) in [4.78, 5) is 3.42. The van der Waals surface area contributed by atoms with Crippen molar-refractivity contribution in [2.75, 3.05) is 14.2 Å². The van der Waals surface area contributed by atoms with Gasteiger partial charge in [-0.1, -0.05) is 6.07 Å². The van der Waals surface area contributed by atoms with Crippen molar-refractivity contribution < 1.29 is 14.2 Å². The van der Waals surface area contributed by atoms with E-state index in [9.17, 15) is 0 Å². The molecule has 0 aromatic heterocycles. The first kappa shape index (κ1) is 12.8. The van der Waals surface area contributed by atoms with Crippen molar-refractivity contribution in [2.24, 2.45) is 0 Å². The van der Waals surface area contributed by atoms with E-state index in [4.69, 9.17) is 20.8 Å². The Labute approximate surface area is 112 Å². The molecule has 0 aliphatic carbocycles. The van der Waals surface area contributed by atoms with Gasteiger partial charge in [-0.25, -0.2) is 4.85 Å². The van der Waals surface area contributed by atoms with Crippen LogP contribution in [-0.4, -0.2) is 14.2 Å². The van der Waals surface area contributed by atoms with Gasteiger partial charge in [-0.05, 0) is 24.3 Å². The molecule has 0 fully saturated rings. The van der Waals surface area contributed by atoms with Gasteiger partial charge in [-0.3, -0.25) is 0 Å². The van der Waals surface area contributed by atoms with Crippen LogP contribution < -0.4 is 14.2 Å². The zero-order valence-corrected chi connectivity index (χ0v) is 10.7. The van der Waals surface area contributed by atoms with Gasteiger partial charge in [-0.15, -0.1) is 0 Å². The van der Waals surface area contributed by atoms with Crippen LogP contribution in [0.4, 0.5) is 5.69 Å². The quantitative estimate of drug-likeness (QED) is 0.772. The van der Waals surface area contributed by atoms with Crippen molar-refractivity contribution in [1.29, 1.82) is 0 Å². The molecule has 96 valence electrons. The maximum atomic E-state index is 7.14. The highest BCUT2D eigenvalue weighted by Gasteiger charge is 2.07. The van der Waals surface area contributed by atoms with Gasteiger partial charge in [0, 0.05) is 12.1 Å². The topological polar surface area (TPSA) is 32.0 Å². The SMILES string of the molecule is [C-]#[N+]c1ccc(OC)cc1Oc1cccc(OC)c1. The molecule has 2 rings (SSSR count). The molecule has 0 saturated heterocycles. The summed E-state index contributed by atoms with van der Waals surface area (Å²) >= 11 is 0. The van der Waals surface area contributed by atoms with Gasteiger partial charge in [-0.2, -0.15) is 0 Å². The molecule has 0 atom stereocenters. The zero-order valence-electron chi connectivity index (χ0n) is 10.7. The Morgan fingerprint density at radius 1 is 0.895 bits per heavy atom. The Morgan fingerprint density at radius 2 is 1.58 bits per heavy atom. The molecule has 19 heavy (non-hydrogen) atoms. The third kappa shape index (κ3) is 2.96. The van der Waals surface area contributed by atoms with Crippen molar-refractivity contribution >= 4 is 5.69 Å². The highest BCUT2D eigenvalue weighted by atomic mass is 16.5. The van der Waals surface area contributed by atoms with Crippen LogP contribution in [0.1, 0.15) is 0 Å². The average molecular weight is 255 g/mol. The van der Waals surface area contributed by atoms with E-state index >= 15 is 0 Å². The first-order valence-corrected chi connectivity index (χ1v) is 5.64. The molecule has 2 aromatic carbocycles. The minimum Gasteiger partial charge on any atom is -0.497 e. The fraction of sp³-hybridized carbons (Fsp3) is 0.133. The van der Waals surface area contributed by atoms with Crippen molar-refractivity contribution in [1.82, 2.24) is 0 Å². The van der Waals surface area contributed by atoms with Crippen LogP contribution in [0.15, 0.2) is 42.5 Å². The van der Waals surface area contributed by atoms with Crippen LogP contribution in [0.2, 0.25) is 0 Å². The second-order valence-corrected chi connectivity index (χ2v) is 3.73. The molecule has 0 aliphatic heterocycles. The van der Waals surface area contributed by atoms with Crippen molar-refractivity contribution in [3.05, 3.63) is 53.9 Å². The van der Waals surface area contributed by atoms with Gasteiger partial charge >= 0.3 is 0 Å². The molecule has 4 heteroatoms. The van der Waals surface area contributed by atoms with Crippen molar-refractivity contribution in [3.63, 3.8) is 0 Å². The lowest BCUT2D eigenvalue weighted by molar-refractivity contribution is 0.404. The lowest BCUT2D eigenvalue weighted by atomic mass is 10.2. The van der Waals surface area contributed by atoms with E-state index in [1.54, 1.807) is 44.6 Å². The molecule has 2 aromatic rings. The molecule has 0 aliphatic rings. The smallest absolute Gasteiger partial charge is 0.229 e. The van der Waals surface area contributed by atoms with Gasteiger partial charge in [0.05, 0.1) is 20.8 Å².